The summed E-state index contributed by atoms with van der Waals surface area (Å²) in [6.07, 6.45) is 0. The lowest BCUT2D eigenvalue weighted by molar-refractivity contribution is -0.385. The summed E-state index contributed by atoms with van der Waals surface area (Å²) in [5, 5.41) is 16.5. The highest BCUT2D eigenvalue weighted by atomic mass is 16.6. The maximum Gasteiger partial charge on any atom is 0.273 e. The summed E-state index contributed by atoms with van der Waals surface area (Å²) >= 11 is 0. The zero-order valence-corrected chi connectivity index (χ0v) is 16.3. The summed E-state index contributed by atoms with van der Waals surface area (Å²) in [5.74, 6) is -0.385. The third kappa shape index (κ3) is 4.61. The van der Waals surface area contributed by atoms with Crippen molar-refractivity contribution in [3.05, 3.63) is 93.5 Å². The maximum atomic E-state index is 12.7. The first-order chi connectivity index (χ1) is 14.4. The molecular formula is C22H19N3O5. The molecule has 2 N–H and O–H groups in total. The van der Waals surface area contributed by atoms with Gasteiger partial charge in [0.15, 0.2) is 0 Å². The first-order valence-corrected chi connectivity index (χ1v) is 9.00. The van der Waals surface area contributed by atoms with Crippen LogP contribution in [0.2, 0.25) is 0 Å². The molecule has 0 atom stereocenters. The topological polar surface area (TPSA) is 111 Å². The highest BCUT2D eigenvalue weighted by Crippen LogP contribution is 2.23. The van der Waals surface area contributed by atoms with E-state index in [0.29, 0.717) is 17.0 Å². The summed E-state index contributed by atoms with van der Waals surface area (Å²) in [4.78, 5) is 36.0. The minimum atomic E-state index is -0.556. The van der Waals surface area contributed by atoms with Crippen LogP contribution >= 0.6 is 0 Å². The lowest BCUT2D eigenvalue weighted by atomic mass is 10.1. The van der Waals surface area contributed by atoms with E-state index in [2.05, 4.69) is 10.6 Å². The van der Waals surface area contributed by atoms with E-state index < -0.39 is 16.7 Å². The largest absolute Gasteiger partial charge is 0.497 e. The molecule has 8 nitrogen and oxygen atoms in total. The van der Waals surface area contributed by atoms with Gasteiger partial charge in [-0.3, -0.25) is 19.7 Å². The lowest BCUT2D eigenvalue weighted by Crippen LogP contribution is -2.18. The molecule has 0 spiro atoms. The minimum absolute atomic E-state index is 0.121. The van der Waals surface area contributed by atoms with Crippen LogP contribution in [-0.4, -0.2) is 23.8 Å². The Morgan fingerprint density at radius 2 is 1.70 bits per heavy atom. The minimum Gasteiger partial charge on any atom is -0.497 e. The van der Waals surface area contributed by atoms with Crippen LogP contribution in [0.1, 0.15) is 26.3 Å². The molecule has 3 rings (SSSR count). The Balaban J connectivity index is 1.83. The van der Waals surface area contributed by atoms with Crippen LogP contribution in [0, 0.1) is 17.0 Å². The summed E-state index contributed by atoms with van der Waals surface area (Å²) in [6.45, 7) is 1.60. The zero-order valence-electron chi connectivity index (χ0n) is 16.3. The van der Waals surface area contributed by atoms with Crippen molar-refractivity contribution < 1.29 is 19.2 Å². The van der Waals surface area contributed by atoms with Crippen LogP contribution in [0.15, 0.2) is 66.7 Å². The average Bonchev–Trinajstić information content (AvgIpc) is 2.74. The molecule has 3 aromatic rings. The van der Waals surface area contributed by atoms with E-state index >= 15 is 0 Å². The number of carbonyl (C=O) groups excluding carboxylic acids is 2. The number of methoxy groups -OCH3 is 1. The second-order valence-corrected chi connectivity index (χ2v) is 6.44. The van der Waals surface area contributed by atoms with E-state index in [1.54, 1.807) is 55.5 Å². The van der Waals surface area contributed by atoms with Crippen molar-refractivity contribution in [1.82, 2.24) is 0 Å². The molecule has 152 valence electrons. The second-order valence-electron chi connectivity index (χ2n) is 6.44. The molecule has 0 heterocycles. The number of benzene rings is 3. The Morgan fingerprint density at radius 3 is 2.43 bits per heavy atom. The van der Waals surface area contributed by atoms with Crippen LogP contribution in [0.4, 0.5) is 17.1 Å². The monoisotopic (exact) mass is 405 g/mol. The third-order valence-corrected chi connectivity index (χ3v) is 4.42. The number of carbonyl (C=O) groups is 2. The van der Waals surface area contributed by atoms with Crippen molar-refractivity contribution in [2.24, 2.45) is 0 Å². The predicted octanol–water partition coefficient (Wildman–Crippen LogP) is 4.42. The summed E-state index contributed by atoms with van der Waals surface area (Å²) in [6, 6.07) is 17.6. The first kappa shape index (κ1) is 20.5. The summed E-state index contributed by atoms with van der Waals surface area (Å²) < 4.78 is 5.15. The molecule has 0 radical (unpaired) electrons. The number of aryl methyl sites for hydroxylation is 1. The normalized spacial score (nSPS) is 10.2. The molecule has 8 heteroatoms. The number of nitrogens with zero attached hydrogens (tertiary/aromatic N) is 1. The van der Waals surface area contributed by atoms with Crippen LogP contribution in [-0.2, 0) is 0 Å². The molecule has 0 fully saturated rings. The summed E-state index contributed by atoms with van der Waals surface area (Å²) in [7, 11) is 1.53. The Labute approximate surface area is 172 Å². The Hall–Kier alpha value is -4.20. The molecule has 0 saturated carbocycles. The fraction of sp³-hybridized carbons (Fsp3) is 0.0909. The van der Waals surface area contributed by atoms with E-state index in [1.807, 2.05) is 0 Å². The molecule has 0 saturated heterocycles. The number of hydrogen-bond acceptors (Lipinski definition) is 5. The molecule has 0 aliphatic rings. The molecule has 3 aromatic carbocycles. The van der Waals surface area contributed by atoms with E-state index in [4.69, 9.17) is 4.74 Å². The van der Waals surface area contributed by atoms with Crippen LogP contribution in [0.25, 0.3) is 0 Å². The smallest absolute Gasteiger partial charge is 0.273 e. The van der Waals surface area contributed by atoms with Crippen molar-refractivity contribution in [3.63, 3.8) is 0 Å². The summed E-state index contributed by atoms with van der Waals surface area (Å²) in [5.41, 5.74) is 1.49. The number of amides is 2. The van der Waals surface area contributed by atoms with Crippen molar-refractivity contribution in [3.8, 4) is 5.75 Å². The molecule has 30 heavy (non-hydrogen) atoms. The lowest BCUT2D eigenvalue weighted by Gasteiger charge is -2.12. The number of nitrogens with one attached hydrogen (secondary N) is 2. The maximum absolute atomic E-state index is 12.7. The number of ether oxygens (including phenoxy) is 1. The Morgan fingerprint density at radius 1 is 0.933 bits per heavy atom. The molecule has 0 aliphatic carbocycles. The molecule has 0 unspecified atom stereocenters. The highest BCUT2D eigenvalue weighted by Gasteiger charge is 2.18. The van der Waals surface area contributed by atoms with Gasteiger partial charge in [-0.15, -0.1) is 0 Å². The molecule has 0 bridgehead atoms. The Bertz CT molecular complexity index is 1130. The van der Waals surface area contributed by atoms with Gasteiger partial charge < -0.3 is 15.4 Å². The number of nitro groups is 1. The molecule has 2 amide bonds. The van der Waals surface area contributed by atoms with Crippen molar-refractivity contribution in [2.45, 2.75) is 6.92 Å². The molecule has 0 aliphatic heterocycles. The van der Waals surface area contributed by atoms with Gasteiger partial charge in [0.25, 0.3) is 17.5 Å². The predicted molar refractivity (Wildman–Crippen MR) is 113 cm³/mol. The number of hydrogen-bond donors (Lipinski definition) is 2. The number of para-hydroxylation sites is 1. The fourth-order valence-electron chi connectivity index (χ4n) is 2.83. The van der Waals surface area contributed by atoms with Gasteiger partial charge in [0, 0.05) is 28.9 Å². The van der Waals surface area contributed by atoms with E-state index in [0.717, 1.165) is 0 Å². The van der Waals surface area contributed by atoms with Crippen LogP contribution in [0.3, 0.4) is 0 Å². The van der Waals surface area contributed by atoms with Gasteiger partial charge in [0.05, 0.1) is 23.3 Å². The highest BCUT2D eigenvalue weighted by molar-refractivity contribution is 6.12. The van der Waals surface area contributed by atoms with Gasteiger partial charge >= 0.3 is 0 Å². The van der Waals surface area contributed by atoms with E-state index in [1.165, 1.54) is 25.3 Å². The average molecular weight is 405 g/mol. The van der Waals surface area contributed by atoms with Crippen LogP contribution < -0.4 is 15.4 Å². The van der Waals surface area contributed by atoms with Gasteiger partial charge in [0.1, 0.15) is 5.75 Å². The standard InChI is InChI=1S/C22H19N3O5/c1-14-10-11-15(12-20(14)25(28)29)21(26)24-19-9-4-3-8-18(19)22(27)23-16-6-5-7-17(13-16)30-2/h3-13H,1-2H3,(H,23,27)(H,24,26). The van der Waals surface area contributed by atoms with Crippen molar-refractivity contribution >= 4 is 28.9 Å². The fourth-order valence-corrected chi connectivity index (χ4v) is 2.83. The zero-order chi connectivity index (χ0) is 21.7. The molecule has 0 aromatic heterocycles. The van der Waals surface area contributed by atoms with Crippen molar-refractivity contribution in [2.75, 3.05) is 17.7 Å². The van der Waals surface area contributed by atoms with E-state index in [9.17, 15) is 19.7 Å². The van der Waals surface area contributed by atoms with E-state index in [-0.39, 0.29) is 22.5 Å². The SMILES string of the molecule is COc1cccc(NC(=O)c2ccccc2NC(=O)c2ccc(C)c([N+](=O)[O-])c2)c1. The van der Waals surface area contributed by atoms with Gasteiger partial charge in [-0.1, -0.05) is 24.3 Å². The number of anilines is 2. The number of rotatable bonds is 6. The second kappa shape index (κ2) is 8.87. The van der Waals surface area contributed by atoms with Gasteiger partial charge in [-0.05, 0) is 37.3 Å². The third-order valence-electron chi connectivity index (χ3n) is 4.42. The van der Waals surface area contributed by atoms with Crippen molar-refractivity contribution in [1.29, 1.82) is 0 Å². The molecular weight excluding hydrogens is 386 g/mol. The van der Waals surface area contributed by atoms with Gasteiger partial charge in [-0.2, -0.15) is 0 Å². The Kier molecular flexibility index (Phi) is 6.07. The van der Waals surface area contributed by atoms with Gasteiger partial charge in [0.2, 0.25) is 0 Å². The number of nitro benzene ring substituents is 1. The van der Waals surface area contributed by atoms with Crippen LogP contribution in [0.5, 0.6) is 5.75 Å². The quantitative estimate of drug-likeness (QED) is 0.466. The first-order valence-electron chi connectivity index (χ1n) is 9.00. The van der Waals surface area contributed by atoms with Gasteiger partial charge in [-0.25, -0.2) is 0 Å².